The van der Waals surface area contributed by atoms with E-state index in [4.69, 9.17) is 5.73 Å². The highest BCUT2D eigenvalue weighted by atomic mass is 35.5. The summed E-state index contributed by atoms with van der Waals surface area (Å²) in [6.45, 7) is 7.88. The van der Waals surface area contributed by atoms with Gasteiger partial charge in [0.1, 0.15) is 6.54 Å². The molecule has 1 fully saturated rings. The van der Waals surface area contributed by atoms with Crippen LogP contribution in [0, 0.1) is 19.8 Å². The lowest BCUT2D eigenvalue weighted by molar-refractivity contribution is -0.134. The summed E-state index contributed by atoms with van der Waals surface area (Å²) in [7, 11) is 0. The van der Waals surface area contributed by atoms with Crippen molar-refractivity contribution < 1.29 is 4.79 Å². The van der Waals surface area contributed by atoms with Crippen LogP contribution in [-0.4, -0.2) is 39.7 Å². The Bertz CT molecular complexity index is 450. The van der Waals surface area contributed by atoms with Crippen LogP contribution in [-0.2, 0) is 11.3 Å². The first-order valence-electron chi connectivity index (χ1n) is 6.52. The molecule has 0 aromatic carbocycles. The Balaban J connectivity index is 0.00000180. The van der Waals surface area contributed by atoms with Gasteiger partial charge >= 0.3 is 0 Å². The number of carbonyl (C=O) groups excluding carboxylic acids is 1. The number of amides is 1. The molecule has 2 heterocycles. The molecule has 5 nitrogen and oxygen atoms in total. The van der Waals surface area contributed by atoms with Crippen molar-refractivity contribution in [1.29, 1.82) is 0 Å². The topological polar surface area (TPSA) is 64.2 Å². The summed E-state index contributed by atoms with van der Waals surface area (Å²) in [4.78, 5) is 14.1. The van der Waals surface area contributed by atoms with E-state index in [9.17, 15) is 4.79 Å². The minimum Gasteiger partial charge on any atom is -0.341 e. The molecule has 0 spiro atoms. The maximum absolute atomic E-state index is 12.2. The fourth-order valence-corrected chi connectivity index (χ4v) is 2.45. The summed E-state index contributed by atoms with van der Waals surface area (Å²) in [5, 5.41) is 4.32. The standard InChI is InChI=1S/C13H22N4O.2ClH/c1-9-7-16(5-4-12(9)14)13(18)8-17-11(3)6-10(2)15-17;;/h6,9,12H,4-5,7-8,14H2,1-3H3;2*1H. The molecule has 116 valence electrons. The lowest BCUT2D eigenvalue weighted by Crippen LogP contribution is -2.49. The molecule has 0 saturated carbocycles. The number of halogens is 2. The average molecular weight is 323 g/mol. The van der Waals surface area contributed by atoms with Crippen molar-refractivity contribution in [3.05, 3.63) is 17.5 Å². The van der Waals surface area contributed by atoms with Crippen molar-refractivity contribution in [2.45, 2.75) is 39.8 Å². The number of piperidine rings is 1. The van der Waals surface area contributed by atoms with Gasteiger partial charge in [-0.25, -0.2) is 0 Å². The van der Waals surface area contributed by atoms with E-state index in [1.165, 1.54) is 0 Å². The average Bonchev–Trinajstić information content (AvgIpc) is 2.61. The van der Waals surface area contributed by atoms with E-state index in [1.807, 2.05) is 24.8 Å². The van der Waals surface area contributed by atoms with Crippen molar-refractivity contribution in [3.8, 4) is 0 Å². The molecule has 20 heavy (non-hydrogen) atoms. The van der Waals surface area contributed by atoms with E-state index in [-0.39, 0.29) is 36.8 Å². The van der Waals surface area contributed by atoms with E-state index in [2.05, 4.69) is 12.0 Å². The third-order valence-corrected chi connectivity index (χ3v) is 3.71. The highest BCUT2D eigenvalue weighted by Crippen LogP contribution is 2.15. The van der Waals surface area contributed by atoms with E-state index < -0.39 is 0 Å². The predicted molar refractivity (Wildman–Crippen MR) is 84.5 cm³/mol. The molecule has 1 aliphatic rings. The summed E-state index contributed by atoms with van der Waals surface area (Å²) in [6.07, 6.45) is 0.893. The van der Waals surface area contributed by atoms with Crippen LogP contribution in [0.2, 0.25) is 0 Å². The van der Waals surface area contributed by atoms with Crippen LogP contribution in [0.1, 0.15) is 24.7 Å². The lowest BCUT2D eigenvalue weighted by Gasteiger charge is -2.35. The van der Waals surface area contributed by atoms with Crippen LogP contribution in [0.3, 0.4) is 0 Å². The van der Waals surface area contributed by atoms with E-state index in [1.54, 1.807) is 4.68 Å². The number of aromatic nitrogens is 2. The molecular formula is C13H24Cl2N4O. The number of nitrogens with zero attached hydrogens (tertiary/aromatic N) is 3. The lowest BCUT2D eigenvalue weighted by atomic mass is 9.95. The van der Waals surface area contributed by atoms with Gasteiger partial charge in [0.2, 0.25) is 5.91 Å². The summed E-state index contributed by atoms with van der Waals surface area (Å²) in [5.74, 6) is 0.517. The predicted octanol–water partition coefficient (Wildman–Crippen LogP) is 1.54. The van der Waals surface area contributed by atoms with E-state index >= 15 is 0 Å². The second-order valence-electron chi connectivity index (χ2n) is 5.35. The molecule has 2 unspecified atom stereocenters. The summed E-state index contributed by atoms with van der Waals surface area (Å²) in [6, 6.07) is 2.21. The monoisotopic (exact) mass is 322 g/mol. The summed E-state index contributed by atoms with van der Waals surface area (Å²) < 4.78 is 1.77. The van der Waals surface area contributed by atoms with Crippen LogP contribution >= 0.6 is 24.8 Å². The molecule has 0 radical (unpaired) electrons. The number of hydrogen-bond acceptors (Lipinski definition) is 3. The Hall–Kier alpha value is -0.780. The van der Waals surface area contributed by atoms with Gasteiger partial charge in [-0.05, 0) is 32.3 Å². The summed E-state index contributed by atoms with van der Waals surface area (Å²) in [5.41, 5.74) is 7.95. The molecule has 1 saturated heterocycles. The fraction of sp³-hybridized carbons (Fsp3) is 0.692. The minimum atomic E-state index is 0. The van der Waals surface area contributed by atoms with Crippen LogP contribution < -0.4 is 5.73 Å². The minimum absolute atomic E-state index is 0. The molecule has 7 heteroatoms. The SMILES string of the molecule is Cc1cc(C)n(CC(=O)N2CCC(N)C(C)C2)n1.Cl.Cl. The molecule has 1 aliphatic heterocycles. The Morgan fingerprint density at radius 1 is 1.45 bits per heavy atom. The van der Waals surface area contributed by atoms with Gasteiger partial charge in [0.05, 0.1) is 5.69 Å². The first-order valence-corrected chi connectivity index (χ1v) is 6.52. The van der Waals surface area contributed by atoms with Gasteiger partial charge in [-0.1, -0.05) is 6.92 Å². The second-order valence-corrected chi connectivity index (χ2v) is 5.35. The smallest absolute Gasteiger partial charge is 0.244 e. The number of nitrogens with two attached hydrogens (primary N) is 1. The molecule has 2 N–H and O–H groups in total. The first-order chi connectivity index (χ1) is 8.47. The van der Waals surface area contributed by atoms with Crippen molar-refractivity contribution in [3.63, 3.8) is 0 Å². The van der Waals surface area contributed by atoms with Crippen molar-refractivity contribution in [2.24, 2.45) is 11.7 Å². The molecule has 1 amide bonds. The third-order valence-electron chi connectivity index (χ3n) is 3.71. The number of aryl methyl sites for hydroxylation is 2. The van der Waals surface area contributed by atoms with Gasteiger partial charge in [0.25, 0.3) is 0 Å². The van der Waals surface area contributed by atoms with Crippen LogP contribution in [0.5, 0.6) is 0 Å². The van der Waals surface area contributed by atoms with Crippen molar-refractivity contribution >= 4 is 30.7 Å². The Morgan fingerprint density at radius 2 is 2.10 bits per heavy atom. The highest BCUT2D eigenvalue weighted by Gasteiger charge is 2.26. The van der Waals surface area contributed by atoms with Gasteiger partial charge in [0.15, 0.2) is 0 Å². The van der Waals surface area contributed by atoms with Gasteiger partial charge in [-0.3, -0.25) is 9.48 Å². The number of hydrogen-bond donors (Lipinski definition) is 1. The third kappa shape index (κ3) is 4.36. The van der Waals surface area contributed by atoms with Crippen LogP contribution in [0.4, 0.5) is 0 Å². The van der Waals surface area contributed by atoms with Crippen LogP contribution in [0.15, 0.2) is 6.07 Å². The number of rotatable bonds is 2. The first kappa shape index (κ1) is 19.2. The van der Waals surface area contributed by atoms with E-state index in [0.29, 0.717) is 12.5 Å². The molecule has 1 aromatic rings. The number of likely N-dealkylation sites (tertiary alicyclic amines) is 1. The molecular weight excluding hydrogens is 299 g/mol. The van der Waals surface area contributed by atoms with Gasteiger partial charge in [-0.2, -0.15) is 5.10 Å². The maximum atomic E-state index is 12.2. The largest absolute Gasteiger partial charge is 0.341 e. The molecule has 2 atom stereocenters. The Kier molecular flexibility index (Phi) is 7.55. The Labute approximate surface area is 132 Å². The Morgan fingerprint density at radius 3 is 2.60 bits per heavy atom. The zero-order valence-corrected chi connectivity index (χ0v) is 13.8. The van der Waals surface area contributed by atoms with Gasteiger partial charge in [0, 0.05) is 24.8 Å². The zero-order valence-electron chi connectivity index (χ0n) is 12.2. The van der Waals surface area contributed by atoms with Crippen LogP contribution in [0.25, 0.3) is 0 Å². The molecule has 1 aromatic heterocycles. The zero-order chi connectivity index (χ0) is 13.3. The normalized spacial score (nSPS) is 21.9. The highest BCUT2D eigenvalue weighted by molar-refractivity contribution is 5.85. The van der Waals surface area contributed by atoms with Gasteiger partial charge in [-0.15, -0.1) is 24.8 Å². The molecule has 0 aliphatic carbocycles. The van der Waals surface area contributed by atoms with E-state index in [0.717, 1.165) is 30.9 Å². The fourth-order valence-electron chi connectivity index (χ4n) is 2.45. The number of carbonyl (C=O) groups is 1. The summed E-state index contributed by atoms with van der Waals surface area (Å²) >= 11 is 0. The van der Waals surface area contributed by atoms with Crippen molar-refractivity contribution in [1.82, 2.24) is 14.7 Å². The van der Waals surface area contributed by atoms with Gasteiger partial charge < -0.3 is 10.6 Å². The molecule has 0 bridgehead atoms. The second kappa shape index (κ2) is 7.86. The van der Waals surface area contributed by atoms with Crippen molar-refractivity contribution in [2.75, 3.05) is 13.1 Å². The quantitative estimate of drug-likeness (QED) is 0.898. The molecule has 2 rings (SSSR count). The maximum Gasteiger partial charge on any atom is 0.244 e.